The Hall–Kier alpha value is -0.610. The van der Waals surface area contributed by atoms with E-state index in [9.17, 15) is 4.79 Å². The van der Waals surface area contributed by atoms with Gasteiger partial charge in [0.15, 0.2) is 0 Å². The molecule has 1 heterocycles. The van der Waals surface area contributed by atoms with Gasteiger partial charge in [-0.1, -0.05) is 0 Å². The van der Waals surface area contributed by atoms with Crippen LogP contribution in [0, 0.1) is 5.92 Å². The molecular weight excluding hydrogens is 228 g/mol. The molecule has 2 aliphatic rings. The van der Waals surface area contributed by atoms with Gasteiger partial charge in [-0.05, 0) is 46.0 Å². The predicted octanol–water partition coefficient (Wildman–Crippen LogP) is 1.40. The highest BCUT2D eigenvalue weighted by molar-refractivity contribution is 5.80. The van der Waals surface area contributed by atoms with Crippen LogP contribution in [-0.4, -0.2) is 48.7 Å². The van der Waals surface area contributed by atoms with Crippen molar-refractivity contribution in [3.8, 4) is 0 Å². The van der Waals surface area contributed by atoms with Gasteiger partial charge in [-0.2, -0.15) is 0 Å². The number of esters is 1. The van der Waals surface area contributed by atoms with E-state index in [1.807, 2.05) is 6.92 Å². The summed E-state index contributed by atoms with van der Waals surface area (Å²) in [6.45, 7) is 8.01. The molecule has 0 aromatic carbocycles. The van der Waals surface area contributed by atoms with Gasteiger partial charge in [0.25, 0.3) is 0 Å². The molecule has 3 unspecified atom stereocenters. The number of ether oxygens (including phenoxy) is 1. The summed E-state index contributed by atoms with van der Waals surface area (Å²) in [5, 5.41) is 3.38. The Morgan fingerprint density at radius 1 is 1.50 bits per heavy atom. The minimum atomic E-state index is -0.590. The van der Waals surface area contributed by atoms with Crippen LogP contribution >= 0.6 is 0 Å². The van der Waals surface area contributed by atoms with Gasteiger partial charge in [0.05, 0.1) is 7.11 Å². The van der Waals surface area contributed by atoms with Crippen molar-refractivity contribution in [1.82, 2.24) is 10.2 Å². The monoisotopic (exact) mass is 254 g/mol. The van der Waals surface area contributed by atoms with Crippen LogP contribution in [0.2, 0.25) is 0 Å². The maximum absolute atomic E-state index is 12.1. The van der Waals surface area contributed by atoms with Crippen LogP contribution in [0.5, 0.6) is 0 Å². The number of likely N-dealkylation sites (tertiary alicyclic amines) is 1. The first kappa shape index (κ1) is 13.8. The lowest BCUT2D eigenvalue weighted by Crippen LogP contribution is -2.60. The van der Waals surface area contributed by atoms with E-state index in [0.717, 1.165) is 19.0 Å². The minimum Gasteiger partial charge on any atom is -0.468 e. The highest BCUT2D eigenvalue weighted by atomic mass is 16.5. The number of carbonyl (C=O) groups excluding carboxylic acids is 1. The third-order valence-corrected chi connectivity index (χ3v) is 4.29. The first-order chi connectivity index (χ1) is 8.44. The van der Waals surface area contributed by atoms with E-state index >= 15 is 0 Å². The van der Waals surface area contributed by atoms with Crippen molar-refractivity contribution in [1.29, 1.82) is 0 Å². The van der Waals surface area contributed by atoms with Gasteiger partial charge in [-0.3, -0.25) is 15.0 Å². The van der Waals surface area contributed by atoms with Crippen molar-refractivity contribution in [2.24, 2.45) is 5.92 Å². The number of nitrogens with zero attached hydrogens (tertiary/aromatic N) is 1. The third kappa shape index (κ3) is 2.69. The number of fused-ring (bicyclic) bond motifs is 2. The maximum atomic E-state index is 12.1. The van der Waals surface area contributed by atoms with Crippen molar-refractivity contribution in [2.75, 3.05) is 20.2 Å². The van der Waals surface area contributed by atoms with E-state index in [1.54, 1.807) is 0 Å². The Bertz CT molecular complexity index is 319. The van der Waals surface area contributed by atoms with Crippen molar-refractivity contribution >= 4 is 5.97 Å². The van der Waals surface area contributed by atoms with E-state index < -0.39 is 5.54 Å². The molecule has 0 aromatic rings. The van der Waals surface area contributed by atoms with E-state index in [4.69, 9.17) is 4.74 Å². The smallest absolute Gasteiger partial charge is 0.327 e. The summed E-state index contributed by atoms with van der Waals surface area (Å²) in [5.41, 5.74) is -0.590. The molecule has 2 bridgehead atoms. The third-order valence-electron chi connectivity index (χ3n) is 4.29. The summed E-state index contributed by atoms with van der Waals surface area (Å²) >= 11 is 0. The van der Waals surface area contributed by atoms with Gasteiger partial charge in [0.1, 0.15) is 5.54 Å². The largest absolute Gasteiger partial charge is 0.468 e. The second-order valence-corrected chi connectivity index (χ2v) is 6.39. The molecule has 104 valence electrons. The first-order valence-electron chi connectivity index (χ1n) is 7.05. The normalized spacial score (nSPS) is 30.7. The van der Waals surface area contributed by atoms with Gasteiger partial charge in [0, 0.05) is 25.2 Å². The zero-order valence-corrected chi connectivity index (χ0v) is 12.0. The van der Waals surface area contributed by atoms with E-state index in [1.165, 1.54) is 26.4 Å². The number of hydrogen-bond acceptors (Lipinski definition) is 4. The molecule has 0 aromatic heterocycles. The van der Waals surface area contributed by atoms with Crippen LogP contribution in [0.25, 0.3) is 0 Å². The molecule has 4 heteroatoms. The Morgan fingerprint density at radius 3 is 2.67 bits per heavy atom. The van der Waals surface area contributed by atoms with Crippen LogP contribution in [0.1, 0.15) is 40.0 Å². The fourth-order valence-electron chi connectivity index (χ4n) is 3.66. The summed E-state index contributed by atoms with van der Waals surface area (Å²) in [6.07, 6.45) is 3.98. The molecule has 4 nitrogen and oxygen atoms in total. The second kappa shape index (κ2) is 5.17. The molecule has 2 fully saturated rings. The summed E-state index contributed by atoms with van der Waals surface area (Å²) in [7, 11) is 1.47. The van der Waals surface area contributed by atoms with Crippen LogP contribution in [0.3, 0.4) is 0 Å². The van der Waals surface area contributed by atoms with Crippen molar-refractivity contribution in [3.63, 3.8) is 0 Å². The fraction of sp³-hybridized carbons (Fsp3) is 0.929. The average Bonchev–Trinajstić information content (AvgIpc) is 2.88. The molecule has 1 aliphatic carbocycles. The number of rotatable bonds is 5. The molecule has 2 rings (SSSR count). The summed E-state index contributed by atoms with van der Waals surface area (Å²) in [5.74, 6) is 0.704. The van der Waals surface area contributed by atoms with Gasteiger partial charge < -0.3 is 4.74 Å². The first-order valence-corrected chi connectivity index (χ1v) is 7.05. The highest BCUT2D eigenvalue weighted by Crippen LogP contribution is 2.38. The SMILES string of the molecule is COC(=O)C(C)(CN1CC2CCC1C2)NC(C)C. The van der Waals surface area contributed by atoms with Gasteiger partial charge >= 0.3 is 5.97 Å². The van der Waals surface area contributed by atoms with Crippen LogP contribution in [-0.2, 0) is 9.53 Å². The lowest BCUT2D eigenvalue weighted by molar-refractivity contribution is -0.149. The number of methoxy groups -OCH3 is 1. The Labute approximate surface area is 110 Å². The van der Waals surface area contributed by atoms with Crippen molar-refractivity contribution in [2.45, 2.75) is 57.7 Å². The lowest BCUT2D eigenvalue weighted by Gasteiger charge is -2.37. The summed E-state index contributed by atoms with van der Waals surface area (Å²) < 4.78 is 4.98. The molecule has 1 saturated carbocycles. The summed E-state index contributed by atoms with van der Waals surface area (Å²) in [6, 6.07) is 0.960. The molecule has 1 aliphatic heterocycles. The zero-order chi connectivity index (χ0) is 13.3. The molecule has 1 saturated heterocycles. The fourth-order valence-corrected chi connectivity index (χ4v) is 3.66. The van der Waals surface area contributed by atoms with Crippen LogP contribution in [0.15, 0.2) is 0 Å². The van der Waals surface area contributed by atoms with Gasteiger partial charge in [-0.25, -0.2) is 0 Å². The Morgan fingerprint density at radius 2 is 2.22 bits per heavy atom. The second-order valence-electron chi connectivity index (χ2n) is 6.39. The topological polar surface area (TPSA) is 41.6 Å². The molecular formula is C14H26N2O2. The van der Waals surface area contributed by atoms with E-state index in [0.29, 0.717) is 6.04 Å². The molecule has 18 heavy (non-hydrogen) atoms. The van der Waals surface area contributed by atoms with Gasteiger partial charge in [-0.15, -0.1) is 0 Å². The van der Waals surface area contributed by atoms with Crippen molar-refractivity contribution < 1.29 is 9.53 Å². The van der Waals surface area contributed by atoms with E-state index in [2.05, 4.69) is 24.1 Å². The maximum Gasteiger partial charge on any atom is 0.327 e. The van der Waals surface area contributed by atoms with Crippen LogP contribution in [0.4, 0.5) is 0 Å². The predicted molar refractivity (Wildman–Crippen MR) is 71.4 cm³/mol. The molecule has 0 spiro atoms. The number of piperidine rings is 1. The van der Waals surface area contributed by atoms with Gasteiger partial charge in [0.2, 0.25) is 0 Å². The lowest BCUT2D eigenvalue weighted by atomic mass is 9.99. The molecule has 0 radical (unpaired) electrons. The highest BCUT2D eigenvalue weighted by Gasteiger charge is 2.44. The van der Waals surface area contributed by atoms with Crippen LogP contribution < -0.4 is 5.32 Å². The molecule has 1 N–H and O–H groups in total. The standard InChI is InChI=1S/C14H26N2O2/c1-10(2)15-14(3,13(17)18-4)9-16-8-11-5-6-12(16)7-11/h10-12,15H,5-9H2,1-4H3. The number of nitrogens with one attached hydrogen (secondary N) is 1. The Kier molecular flexibility index (Phi) is 3.97. The number of hydrogen-bond donors (Lipinski definition) is 1. The molecule has 3 atom stereocenters. The zero-order valence-electron chi connectivity index (χ0n) is 12.0. The Balaban J connectivity index is 2.03. The molecule has 0 amide bonds. The summed E-state index contributed by atoms with van der Waals surface area (Å²) in [4.78, 5) is 14.5. The minimum absolute atomic E-state index is 0.154. The van der Waals surface area contributed by atoms with E-state index in [-0.39, 0.29) is 12.0 Å². The van der Waals surface area contributed by atoms with Crippen molar-refractivity contribution in [3.05, 3.63) is 0 Å². The quantitative estimate of drug-likeness (QED) is 0.753. The average molecular weight is 254 g/mol. The number of carbonyl (C=O) groups is 1.